The SMILES string of the molecule is O=C(/C=C/c1cnn(-c2ccccc2)c1)Nc1ccc(Cl)cn1. The Balaban J connectivity index is 1.65. The minimum absolute atomic E-state index is 0.271. The highest BCUT2D eigenvalue weighted by Crippen LogP contribution is 2.11. The van der Waals surface area contributed by atoms with Crippen LogP contribution in [0.1, 0.15) is 5.56 Å². The van der Waals surface area contributed by atoms with Crippen LogP contribution >= 0.6 is 11.6 Å². The third-order valence-electron chi connectivity index (χ3n) is 3.03. The Bertz CT molecular complexity index is 825. The van der Waals surface area contributed by atoms with Crippen molar-refractivity contribution in [3.63, 3.8) is 0 Å². The number of hydrogen-bond donors (Lipinski definition) is 1. The highest BCUT2D eigenvalue weighted by molar-refractivity contribution is 6.30. The van der Waals surface area contributed by atoms with Gasteiger partial charge in [-0.3, -0.25) is 4.79 Å². The molecular formula is C17H13ClN4O. The molecule has 0 unspecified atom stereocenters. The van der Waals surface area contributed by atoms with Gasteiger partial charge in [0.25, 0.3) is 0 Å². The number of nitrogens with zero attached hydrogens (tertiary/aromatic N) is 3. The molecule has 0 saturated carbocycles. The van der Waals surface area contributed by atoms with E-state index < -0.39 is 0 Å². The minimum Gasteiger partial charge on any atom is -0.307 e. The van der Waals surface area contributed by atoms with Crippen LogP contribution in [0.5, 0.6) is 0 Å². The van der Waals surface area contributed by atoms with Gasteiger partial charge in [0.15, 0.2) is 0 Å². The molecule has 5 nitrogen and oxygen atoms in total. The average molecular weight is 325 g/mol. The highest BCUT2D eigenvalue weighted by atomic mass is 35.5. The van der Waals surface area contributed by atoms with Gasteiger partial charge in [0.1, 0.15) is 5.82 Å². The minimum atomic E-state index is -0.271. The van der Waals surface area contributed by atoms with Crippen LogP contribution < -0.4 is 5.32 Å². The van der Waals surface area contributed by atoms with Gasteiger partial charge in [-0.25, -0.2) is 9.67 Å². The third-order valence-corrected chi connectivity index (χ3v) is 3.25. The molecule has 0 aliphatic carbocycles. The molecule has 2 heterocycles. The first-order chi connectivity index (χ1) is 11.2. The number of aromatic nitrogens is 3. The Hall–Kier alpha value is -2.92. The van der Waals surface area contributed by atoms with Crippen LogP contribution in [0.25, 0.3) is 11.8 Å². The fourth-order valence-corrected chi connectivity index (χ4v) is 2.05. The lowest BCUT2D eigenvalue weighted by atomic mass is 10.3. The van der Waals surface area contributed by atoms with Gasteiger partial charge in [-0.1, -0.05) is 29.8 Å². The standard InChI is InChI=1S/C17H13ClN4O/c18-14-7-8-16(19-11-14)21-17(23)9-6-13-10-20-22(12-13)15-4-2-1-3-5-15/h1-12H,(H,19,21,23)/b9-6+. The van der Waals surface area contributed by atoms with E-state index >= 15 is 0 Å². The number of anilines is 1. The molecule has 0 radical (unpaired) electrons. The summed E-state index contributed by atoms with van der Waals surface area (Å²) in [6, 6.07) is 13.1. The van der Waals surface area contributed by atoms with Gasteiger partial charge < -0.3 is 5.32 Å². The summed E-state index contributed by atoms with van der Waals surface area (Å²) in [6.45, 7) is 0. The second-order valence-electron chi connectivity index (χ2n) is 4.74. The topological polar surface area (TPSA) is 59.8 Å². The van der Waals surface area contributed by atoms with Gasteiger partial charge in [-0.2, -0.15) is 5.10 Å². The summed E-state index contributed by atoms with van der Waals surface area (Å²) in [5, 5.41) is 7.44. The predicted octanol–water partition coefficient (Wildman–Crippen LogP) is 3.57. The maximum atomic E-state index is 11.8. The lowest BCUT2D eigenvalue weighted by molar-refractivity contribution is -0.111. The summed E-state index contributed by atoms with van der Waals surface area (Å²) < 4.78 is 1.75. The maximum Gasteiger partial charge on any atom is 0.249 e. The van der Waals surface area contributed by atoms with Crippen molar-refractivity contribution in [3.05, 3.63) is 77.7 Å². The van der Waals surface area contributed by atoms with E-state index in [0.29, 0.717) is 10.8 Å². The maximum absolute atomic E-state index is 11.8. The molecular weight excluding hydrogens is 312 g/mol. The molecule has 0 aliphatic rings. The molecule has 0 bridgehead atoms. The second-order valence-corrected chi connectivity index (χ2v) is 5.17. The van der Waals surface area contributed by atoms with Crippen LogP contribution in [-0.4, -0.2) is 20.7 Å². The van der Waals surface area contributed by atoms with Crippen molar-refractivity contribution in [1.82, 2.24) is 14.8 Å². The lowest BCUT2D eigenvalue weighted by Gasteiger charge is -2.00. The molecule has 1 amide bonds. The van der Waals surface area contributed by atoms with E-state index in [0.717, 1.165) is 11.3 Å². The van der Waals surface area contributed by atoms with Crippen molar-refractivity contribution < 1.29 is 4.79 Å². The molecule has 114 valence electrons. The van der Waals surface area contributed by atoms with Crippen molar-refractivity contribution in [2.45, 2.75) is 0 Å². The van der Waals surface area contributed by atoms with Gasteiger partial charge >= 0.3 is 0 Å². The number of pyridine rings is 1. The van der Waals surface area contributed by atoms with E-state index in [1.165, 1.54) is 12.3 Å². The zero-order chi connectivity index (χ0) is 16.1. The second kappa shape index (κ2) is 6.89. The fourth-order valence-electron chi connectivity index (χ4n) is 1.93. The van der Waals surface area contributed by atoms with Gasteiger partial charge in [0.05, 0.1) is 16.9 Å². The van der Waals surface area contributed by atoms with Gasteiger partial charge in [-0.15, -0.1) is 0 Å². The van der Waals surface area contributed by atoms with E-state index in [1.54, 1.807) is 29.1 Å². The number of hydrogen-bond acceptors (Lipinski definition) is 3. The summed E-state index contributed by atoms with van der Waals surface area (Å²) in [5.41, 5.74) is 1.79. The molecule has 1 aromatic carbocycles. The highest BCUT2D eigenvalue weighted by Gasteiger charge is 2.01. The first kappa shape index (κ1) is 15.0. The van der Waals surface area contributed by atoms with Crippen molar-refractivity contribution in [2.75, 3.05) is 5.32 Å². The number of nitrogens with one attached hydrogen (secondary N) is 1. The first-order valence-electron chi connectivity index (χ1n) is 6.91. The quantitative estimate of drug-likeness (QED) is 0.746. The molecule has 0 aliphatic heterocycles. The van der Waals surface area contributed by atoms with Crippen LogP contribution in [-0.2, 0) is 4.79 Å². The molecule has 3 rings (SSSR count). The molecule has 0 fully saturated rings. The Morgan fingerprint density at radius 3 is 2.70 bits per heavy atom. The molecule has 6 heteroatoms. The average Bonchev–Trinajstić information content (AvgIpc) is 3.05. The van der Waals surface area contributed by atoms with Gasteiger partial charge in [-0.05, 0) is 30.3 Å². The summed E-state index contributed by atoms with van der Waals surface area (Å²) in [5.74, 6) is 0.177. The summed E-state index contributed by atoms with van der Waals surface area (Å²) in [4.78, 5) is 15.9. The summed E-state index contributed by atoms with van der Waals surface area (Å²) >= 11 is 5.74. The fraction of sp³-hybridized carbons (Fsp3) is 0. The molecule has 3 aromatic rings. The van der Waals surface area contributed by atoms with Crippen molar-refractivity contribution in [1.29, 1.82) is 0 Å². The number of rotatable bonds is 4. The van der Waals surface area contributed by atoms with Crippen LogP contribution in [0.4, 0.5) is 5.82 Å². The number of carbonyl (C=O) groups is 1. The third kappa shape index (κ3) is 4.05. The Morgan fingerprint density at radius 1 is 1.13 bits per heavy atom. The van der Waals surface area contributed by atoms with E-state index in [-0.39, 0.29) is 5.91 Å². The monoisotopic (exact) mass is 324 g/mol. The smallest absolute Gasteiger partial charge is 0.249 e. The van der Waals surface area contributed by atoms with E-state index in [2.05, 4.69) is 15.4 Å². The van der Waals surface area contributed by atoms with Crippen molar-refractivity contribution in [2.24, 2.45) is 0 Å². The number of halogens is 1. The van der Waals surface area contributed by atoms with E-state index in [9.17, 15) is 4.79 Å². The lowest BCUT2D eigenvalue weighted by Crippen LogP contribution is -2.08. The van der Waals surface area contributed by atoms with Gasteiger partial charge in [0.2, 0.25) is 5.91 Å². The number of amides is 1. The Morgan fingerprint density at radius 2 is 1.96 bits per heavy atom. The van der Waals surface area contributed by atoms with Crippen LogP contribution in [0.2, 0.25) is 5.02 Å². The largest absolute Gasteiger partial charge is 0.307 e. The van der Waals surface area contributed by atoms with Crippen LogP contribution in [0.15, 0.2) is 67.1 Å². The molecule has 0 spiro atoms. The Labute approximate surface area is 138 Å². The molecule has 23 heavy (non-hydrogen) atoms. The first-order valence-corrected chi connectivity index (χ1v) is 7.29. The molecule has 0 atom stereocenters. The number of carbonyl (C=O) groups excluding carboxylic acids is 1. The predicted molar refractivity (Wildman–Crippen MR) is 90.5 cm³/mol. The molecule has 2 aromatic heterocycles. The van der Waals surface area contributed by atoms with Crippen LogP contribution in [0, 0.1) is 0 Å². The zero-order valence-electron chi connectivity index (χ0n) is 12.1. The summed E-state index contributed by atoms with van der Waals surface area (Å²) in [7, 11) is 0. The van der Waals surface area contributed by atoms with E-state index in [1.807, 2.05) is 36.5 Å². The van der Waals surface area contributed by atoms with Crippen molar-refractivity contribution in [3.8, 4) is 5.69 Å². The van der Waals surface area contributed by atoms with E-state index in [4.69, 9.17) is 11.6 Å². The van der Waals surface area contributed by atoms with Gasteiger partial charge in [0, 0.05) is 24.0 Å². The normalized spacial score (nSPS) is 10.8. The zero-order valence-corrected chi connectivity index (χ0v) is 12.8. The van der Waals surface area contributed by atoms with Crippen molar-refractivity contribution >= 4 is 29.4 Å². The Kier molecular flexibility index (Phi) is 4.49. The molecule has 0 saturated heterocycles. The summed E-state index contributed by atoms with van der Waals surface area (Å²) in [6.07, 6.45) is 8.14. The van der Waals surface area contributed by atoms with Crippen LogP contribution in [0.3, 0.4) is 0 Å². The number of para-hydroxylation sites is 1. The molecule has 1 N–H and O–H groups in total. The number of benzene rings is 1.